The molecule has 0 saturated heterocycles. The summed E-state index contributed by atoms with van der Waals surface area (Å²) in [5.74, 6) is -0.0246. The summed E-state index contributed by atoms with van der Waals surface area (Å²) < 4.78 is 13.1. The minimum Gasteiger partial charge on any atom is -0.308 e. The summed E-state index contributed by atoms with van der Waals surface area (Å²) in [5, 5.41) is 5.45. The van der Waals surface area contributed by atoms with Gasteiger partial charge in [-0.1, -0.05) is 38.1 Å². The van der Waals surface area contributed by atoms with Gasteiger partial charge in [0.25, 0.3) is 0 Å². The lowest BCUT2D eigenvalue weighted by atomic mass is 9.97. The molecule has 0 aliphatic rings. The number of hydrogen-bond acceptors (Lipinski definition) is 1. The number of rotatable bonds is 4. The van der Waals surface area contributed by atoms with Gasteiger partial charge in [0.15, 0.2) is 0 Å². The lowest BCUT2D eigenvalue weighted by Crippen LogP contribution is -2.20. The first kappa shape index (κ1) is 15.0. The van der Waals surface area contributed by atoms with Gasteiger partial charge in [0.2, 0.25) is 0 Å². The molecule has 0 fully saturated rings. The maximum atomic E-state index is 13.1. The standard InChI is InChI=1S/C17H19FN2O/c1-3-12(2)15-9-4-5-10-16(15)20-17(21)19-14-8-6-7-13(18)11-14/h4-12H,3H2,1-2H3,(H2,19,20,21). The number of amides is 2. The molecule has 4 heteroatoms. The summed E-state index contributed by atoms with van der Waals surface area (Å²) >= 11 is 0. The van der Waals surface area contributed by atoms with Crippen molar-refractivity contribution in [2.45, 2.75) is 26.2 Å². The molecule has 0 bridgehead atoms. The first-order valence-corrected chi connectivity index (χ1v) is 7.02. The van der Waals surface area contributed by atoms with Gasteiger partial charge in [0, 0.05) is 11.4 Å². The molecule has 2 rings (SSSR count). The van der Waals surface area contributed by atoms with Crippen molar-refractivity contribution in [2.75, 3.05) is 10.6 Å². The van der Waals surface area contributed by atoms with Crippen molar-refractivity contribution in [2.24, 2.45) is 0 Å². The number of carbonyl (C=O) groups excluding carboxylic acids is 1. The van der Waals surface area contributed by atoms with Crippen molar-refractivity contribution in [3.05, 3.63) is 59.9 Å². The van der Waals surface area contributed by atoms with E-state index in [2.05, 4.69) is 24.5 Å². The number of urea groups is 1. The van der Waals surface area contributed by atoms with E-state index in [0.29, 0.717) is 11.6 Å². The summed E-state index contributed by atoms with van der Waals surface area (Å²) in [5.41, 5.74) is 2.30. The third-order valence-corrected chi connectivity index (χ3v) is 3.43. The van der Waals surface area contributed by atoms with Crippen LogP contribution < -0.4 is 10.6 Å². The smallest absolute Gasteiger partial charge is 0.308 e. The molecule has 0 aliphatic heterocycles. The van der Waals surface area contributed by atoms with Gasteiger partial charge in [-0.25, -0.2) is 9.18 Å². The molecule has 110 valence electrons. The molecule has 0 aromatic heterocycles. The van der Waals surface area contributed by atoms with Crippen molar-refractivity contribution in [3.8, 4) is 0 Å². The number of carbonyl (C=O) groups is 1. The molecule has 0 spiro atoms. The number of para-hydroxylation sites is 1. The fourth-order valence-corrected chi connectivity index (χ4v) is 2.11. The van der Waals surface area contributed by atoms with Crippen LogP contribution in [-0.4, -0.2) is 6.03 Å². The van der Waals surface area contributed by atoms with Crippen LogP contribution in [0.4, 0.5) is 20.6 Å². The van der Waals surface area contributed by atoms with Gasteiger partial charge in [0.1, 0.15) is 5.82 Å². The second-order valence-electron chi connectivity index (χ2n) is 4.99. The monoisotopic (exact) mass is 286 g/mol. The highest BCUT2D eigenvalue weighted by Crippen LogP contribution is 2.26. The molecule has 2 N–H and O–H groups in total. The first-order valence-electron chi connectivity index (χ1n) is 7.02. The average Bonchev–Trinajstić information content (AvgIpc) is 2.47. The van der Waals surface area contributed by atoms with Crippen molar-refractivity contribution in [1.29, 1.82) is 0 Å². The van der Waals surface area contributed by atoms with E-state index in [1.807, 2.05) is 24.3 Å². The second kappa shape index (κ2) is 6.88. The van der Waals surface area contributed by atoms with E-state index in [1.165, 1.54) is 12.1 Å². The van der Waals surface area contributed by atoms with E-state index in [4.69, 9.17) is 0 Å². The molecule has 1 atom stereocenters. The Bertz CT molecular complexity index is 628. The Morgan fingerprint density at radius 3 is 2.62 bits per heavy atom. The lowest BCUT2D eigenvalue weighted by molar-refractivity contribution is 0.262. The fraction of sp³-hybridized carbons (Fsp3) is 0.235. The van der Waals surface area contributed by atoms with Gasteiger partial charge in [0.05, 0.1) is 0 Å². The van der Waals surface area contributed by atoms with Crippen LogP contribution in [0, 0.1) is 5.82 Å². The molecule has 2 aromatic carbocycles. The van der Waals surface area contributed by atoms with Gasteiger partial charge in [-0.15, -0.1) is 0 Å². The number of halogens is 1. The van der Waals surface area contributed by atoms with Crippen LogP contribution in [0.1, 0.15) is 31.7 Å². The topological polar surface area (TPSA) is 41.1 Å². The zero-order valence-electron chi connectivity index (χ0n) is 12.2. The summed E-state index contributed by atoms with van der Waals surface area (Å²) in [7, 11) is 0. The molecule has 2 aromatic rings. The summed E-state index contributed by atoms with van der Waals surface area (Å²) in [6, 6.07) is 13.1. The number of benzene rings is 2. The van der Waals surface area contributed by atoms with Crippen molar-refractivity contribution in [3.63, 3.8) is 0 Å². The van der Waals surface area contributed by atoms with E-state index >= 15 is 0 Å². The maximum Gasteiger partial charge on any atom is 0.323 e. The SMILES string of the molecule is CCC(C)c1ccccc1NC(=O)Nc1cccc(F)c1. The van der Waals surface area contributed by atoms with Gasteiger partial charge in [-0.05, 0) is 42.2 Å². The fourth-order valence-electron chi connectivity index (χ4n) is 2.11. The molecule has 21 heavy (non-hydrogen) atoms. The van der Waals surface area contributed by atoms with E-state index in [9.17, 15) is 9.18 Å². The Morgan fingerprint density at radius 2 is 1.90 bits per heavy atom. The number of nitrogens with one attached hydrogen (secondary N) is 2. The molecule has 1 unspecified atom stereocenters. The van der Waals surface area contributed by atoms with Crippen LogP contribution >= 0.6 is 0 Å². The highest BCUT2D eigenvalue weighted by molar-refractivity contribution is 6.00. The minimum absolute atomic E-state index is 0.357. The van der Waals surface area contributed by atoms with E-state index in [0.717, 1.165) is 17.7 Å². The van der Waals surface area contributed by atoms with Crippen molar-refractivity contribution < 1.29 is 9.18 Å². The van der Waals surface area contributed by atoms with Gasteiger partial charge >= 0.3 is 6.03 Å². The normalized spacial score (nSPS) is 11.8. The van der Waals surface area contributed by atoms with Gasteiger partial charge < -0.3 is 10.6 Å². The van der Waals surface area contributed by atoms with Gasteiger partial charge in [-0.3, -0.25) is 0 Å². The molecular formula is C17H19FN2O. The third kappa shape index (κ3) is 4.05. The highest BCUT2D eigenvalue weighted by Gasteiger charge is 2.11. The zero-order chi connectivity index (χ0) is 15.2. The van der Waals surface area contributed by atoms with E-state index in [-0.39, 0.29) is 11.8 Å². The van der Waals surface area contributed by atoms with Gasteiger partial charge in [-0.2, -0.15) is 0 Å². The Balaban J connectivity index is 2.09. The molecule has 0 aliphatic carbocycles. The van der Waals surface area contributed by atoms with Crippen LogP contribution in [-0.2, 0) is 0 Å². The Labute approximate surface area is 124 Å². The van der Waals surface area contributed by atoms with Crippen molar-refractivity contribution >= 4 is 17.4 Å². The van der Waals surface area contributed by atoms with Crippen LogP contribution in [0.15, 0.2) is 48.5 Å². The van der Waals surface area contributed by atoms with E-state index in [1.54, 1.807) is 12.1 Å². The van der Waals surface area contributed by atoms with Crippen LogP contribution in [0.3, 0.4) is 0 Å². The first-order chi connectivity index (χ1) is 10.1. The quantitative estimate of drug-likeness (QED) is 0.817. The largest absolute Gasteiger partial charge is 0.323 e. The molecular weight excluding hydrogens is 267 g/mol. The second-order valence-corrected chi connectivity index (χ2v) is 4.99. The maximum absolute atomic E-state index is 13.1. The Hall–Kier alpha value is -2.36. The molecule has 3 nitrogen and oxygen atoms in total. The van der Waals surface area contributed by atoms with Crippen LogP contribution in [0.5, 0.6) is 0 Å². The Morgan fingerprint density at radius 1 is 1.14 bits per heavy atom. The predicted octanol–water partition coefficient (Wildman–Crippen LogP) is 4.98. The highest BCUT2D eigenvalue weighted by atomic mass is 19.1. The van der Waals surface area contributed by atoms with Crippen molar-refractivity contribution in [1.82, 2.24) is 0 Å². The Kier molecular flexibility index (Phi) is 4.93. The summed E-state index contributed by atoms with van der Waals surface area (Å²) in [6.45, 7) is 4.22. The predicted molar refractivity (Wildman–Crippen MR) is 84.2 cm³/mol. The molecule has 2 amide bonds. The number of hydrogen-bond donors (Lipinski definition) is 2. The molecule has 0 radical (unpaired) electrons. The summed E-state index contributed by atoms with van der Waals surface area (Å²) in [6.07, 6.45) is 0.990. The summed E-state index contributed by atoms with van der Waals surface area (Å²) in [4.78, 5) is 12.0. The minimum atomic E-state index is -0.382. The zero-order valence-corrected chi connectivity index (χ0v) is 12.2. The lowest BCUT2D eigenvalue weighted by Gasteiger charge is -2.16. The van der Waals surface area contributed by atoms with E-state index < -0.39 is 0 Å². The molecule has 0 saturated carbocycles. The number of anilines is 2. The third-order valence-electron chi connectivity index (χ3n) is 3.43. The van der Waals surface area contributed by atoms with Crippen LogP contribution in [0.25, 0.3) is 0 Å². The molecule has 0 heterocycles. The van der Waals surface area contributed by atoms with Crippen LogP contribution in [0.2, 0.25) is 0 Å². The average molecular weight is 286 g/mol.